The Balaban J connectivity index is 1.86. The van der Waals surface area contributed by atoms with Gasteiger partial charge in [0.1, 0.15) is 0 Å². The lowest BCUT2D eigenvalue weighted by Crippen LogP contribution is -2.18. The summed E-state index contributed by atoms with van der Waals surface area (Å²) in [6, 6.07) is 24.1. The van der Waals surface area contributed by atoms with Crippen molar-refractivity contribution in [2.45, 2.75) is 12.5 Å². The van der Waals surface area contributed by atoms with Crippen LogP contribution in [0.4, 0.5) is 0 Å². The molecule has 0 saturated carbocycles. The molecule has 0 spiro atoms. The minimum Gasteiger partial charge on any atom is -0.313 e. The third-order valence-corrected chi connectivity index (χ3v) is 4.40. The number of likely N-dealkylation sites (N-methyl/N-ethyl adjacent to an activating group) is 1. The fourth-order valence-corrected chi connectivity index (χ4v) is 2.95. The fourth-order valence-electron chi connectivity index (χ4n) is 2.68. The minimum atomic E-state index is 0.333. The maximum Gasteiger partial charge on any atom is 0.0358 e. The zero-order valence-electron chi connectivity index (χ0n) is 12.0. The number of halogens is 1. The van der Waals surface area contributed by atoms with Crippen molar-refractivity contribution in [3.63, 3.8) is 0 Å². The van der Waals surface area contributed by atoms with Crippen molar-refractivity contribution < 1.29 is 0 Å². The second-order valence-electron chi connectivity index (χ2n) is 5.28. The second-order valence-corrected chi connectivity index (χ2v) is 6.19. The molecule has 21 heavy (non-hydrogen) atoms. The summed E-state index contributed by atoms with van der Waals surface area (Å²) < 4.78 is 1.12. The van der Waals surface area contributed by atoms with Gasteiger partial charge in [-0.15, -0.1) is 0 Å². The molecule has 2 heteroatoms. The van der Waals surface area contributed by atoms with Gasteiger partial charge in [-0.2, -0.15) is 0 Å². The first kappa shape index (κ1) is 14.3. The van der Waals surface area contributed by atoms with Gasteiger partial charge in [0.05, 0.1) is 0 Å². The molecule has 0 fully saturated rings. The molecule has 106 valence electrons. The van der Waals surface area contributed by atoms with Crippen molar-refractivity contribution in [1.82, 2.24) is 5.32 Å². The number of fused-ring (bicyclic) bond motifs is 1. The maximum absolute atomic E-state index is 3.49. The molecule has 0 heterocycles. The lowest BCUT2D eigenvalue weighted by molar-refractivity contribution is 0.592. The van der Waals surface area contributed by atoms with Crippen LogP contribution in [0.3, 0.4) is 0 Å². The lowest BCUT2D eigenvalue weighted by atomic mass is 9.97. The minimum absolute atomic E-state index is 0.333. The maximum atomic E-state index is 3.49. The second kappa shape index (κ2) is 6.42. The molecule has 1 atom stereocenters. The van der Waals surface area contributed by atoms with E-state index in [4.69, 9.17) is 0 Å². The van der Waals surface area contributed by atoms with Crippen molar-refractivity contribution in [2.24, 2.45) is 0 Å². The first-order valence-electron chi connectivity index (χ1n) is 7.16. The molecule has 0 saturated heterocycles. The zero-order valence-corrected chi connectivity index (χ0v) is 13.6. The van der Waals surface area contributed by atoms with Crippen molar-refractivity contribution in [3.8, 4) is 0 Å². The average Bonchev–Trinajstić information content (AvgIpc) is 2.53. The molecule has 0 aromatic heterocycles. The van der Waals surface area contributed by atoms with E-state index in [0.717, 1.165) is 10.9 Å². The number of nitrogens with one attached hydrogen (secondary N) is 1. The predicted molar refractivity (Wildman–Crippen MR) is 93.6 cm³/mol. The van der Waals surface area contributed by atoms with E-state index in [0.29, 0.717) is 6.04 Å². The molecule has 3 rings (SSSR count). The summed E-state index contributed by atoms with van der Waals surface area (Å²) >= 11 is 3.49. The molecule has 0 aliphatic rings. The van der Waals surface area contributed by atoms with Crippen molar-refractivity contribution >= 4 is 26.7 Å². The van der Waals surface area contributed by atoms with Gasteiger partial charge in [0.25, 0.3) is 0 Å². The summed E-state index contributed by atoms with van der Waals surface area (Å²) in [5.74, 6) is 0. The van der Waals surface area contributed by atoms with Gasteiger partial charge in [0.15, 0.2) is 0 Å². The van der Waals surface area contributed by atoms with Crippen LogP contribution in [0.25, 0.3) is 10.8 Å². The predicted octanol–water partition coefficient (Wildman–Crippen LogP) is 5.11. The van der Waals surface area contributed by atoms with Crippen LogP contribution >= 0.6 is 15.9 Å². The van der Waals surface area contributed by atoms with E-state index in [1.54, 1.807) is 0 Å². The van der Waals surface area contributed by atoms with Gasteiger partial charge in [0.2, 0.25) is 0 Å². The van der Waals surface area contributed by atoms with Gasteiger partial charge in [-0.1, -0.05) is 70.5 Å². The van der Waals surface area contributed by atoms with Crippen LogP contribution < -0.4 is 5.32 Å². The Hall–Kier alpha value is -1.64. The van der Waals surface area contributed by atoms with E-state index in [2.05, 4.69) is 88.0 Å². The number of benzene rings is 3. The molecule has 0 aliphatic heterocycles. The van der Waals surface area contributed by atoms with E-state index in [9.17, 15) is 0 Å². The monoisotopic (exact) mass is 339 g/mol. The summed E-state index contributed by atoms with van der Waals surface area (Å²) in [6.07, 6.45) is 0.989. The van der Waals surface area contributed by atoms with Gasteiger partial charge in [-0.05, 0) is 47.5 Å². The standard InChI is InChI=1S/C19H18BrN/c1-21-19(16-8-10-18(20)11-9-16)13-14-6-7-15-4-2-3-5-17(15)12-14/h2-12,19,21H,13H2,1H3. The molecule has 0 bridgehead atoms. The molecule has 1 unspecified atom stereocenters. The SMILES string of the molecule is CNC(Cc1ccc2ccccc2c1)c1ccc(Br)cc1. The van der Waals surface area contributed by atoms with Crippen LogP contribution in [0.2, 0.25) is 0 Å². The van der Waals surface area contributed by atoms with Gasteiger partial charge >= 0.3 is 0 Å². The zero-order chi connectivity index (χ0) is 14.7. The number of hydrogen-bond acceptors (Lipinski definition) is 1. The molecular formula is C19H18BrN. The summed E-state index contributed by atoms with van der Waals surface area (Å²) in [7, 11) is 2.02. The first-order chi connectivity index (χ1) is 10.3. The third kappa shape index (κ3) is 3.34. The lowest BCUT2D eigenvalue weighted by Gasteiger charge is -2.17. The Kier molecular flexibility index (Phi) is 4.37. The molecule has 0 aliphatic carbocycles. The van der Waals surface area contributed by atoms with E-state index >= 15 is 0 Å². The Morgan fingerprint density at radius 3 is 2.33 bits per heavy atom. The highest BCUT2D eigenvalue weighted by Gasteiger charge is 2.10. The average molecular weight is 340 g/mol. The Labute approximate surface area is 134 Å². The van der Waals surface area contributed by atoms with Gasteiger partial charge in [0, 0.05) is 10.5 Å². The first-order valence-corrected chi connectivity index (χ1v) is 7.96. The van der Waals surface area contributed by atoms with E-state index < -0.39 is 0 Å². The highest BCUT2D eigenvalue weighted by Crippen LogP contribution is 2.23. The molecule has 3 aromatic rings. The molecule has 1 nitrogen and oxygen atoms in total. The highest BCUT2D eigenvalue weighted by atomic mass is 79.9. The Morgan fingerprint density at radius 2 is 1.62 bits per heavy atom. The summed E-state index contributed by atoms with van der Waals surface area (Å²) in [5.41, 5.74) is 2.67. The molecule has 3 aromatic carbocycles. The van der Waals surface area contributed by atoms with E-state index in [-0.39, 0.29) is 0 Å². The summed E-state index contributed by atoms with van der Waals surface area (Å²) in [4.78, 5) is 0. The van der Waals surface area contributed by atoms with E-state index in [1.165, 1.54) is 21.9 Å². The highest BCUT2D eigenvalue weighted by molar-refractivity contribution is 9.10. The van der Waals surface area contributed by atoms with Crippen molar-refractivity contribution in [2.75, 3.05) is 7.05 Å². The van der Waals surface area contributed by atoms with Crippen LogP contribution in [-0.2, 0) is 6.42 Å². The Morgan fingerprint density at radius 1 is 0.905 bits per heavy atom. The topological polar surface area (TPSA) is 12.0 Å². The number of rotatable bonds is 4. The molecule has 0 amide bonds. The summed E-state index contributed by atoms with van der Waals surface area (Å²) in [6.45, 7) is 0. The quantitative estimate of drug-likeness (QED) is 0.696. The van der Waals surface area contributed by atoms with Gasteiger partial charge < -0.3 is 5.32 Å². The van der Waals surface area contributed by atoms with Crippen LogP contribution in [-0.4, -0.2) is 7.05 Å². The van der Waals surface area contributed by atoms with Gasteiger partial charge in [-0.25, -0.2) is 0 Å². The largest absolute Gasteiger partial charge is 0.313 e. The van der Waals surface area contributed by atoms with Crippen LogP contribution in [0.15, 0.2) is 71.2 Å². The van der Waals surface area contributed by atoms with Gasteiger partial charge in [-0.3, -0.25) is 0 Å². The van der Waals surface area contributed by atoms with Crippen LogP contribution in [0.1, 0.15) is 17.2 Å². The smallest absolute Gasteiger partial charge is 0.0358 e. The molecular weight excluding hydrogens is 322 g/mol. The molecule has 1 N–H and O–H groups in total. The molecule has 0 radical (unpaired) electrons. The fraction of sp³-hybridized carbons (Fsp3) is 0.158. The Bertz CT molecular complexity index is 734. The third-order valence-electron chi connectivity index (χ3n) is 3.87. The van der Waals surface area contributed by atoms with Crippen molar-refractivity contribution in [3.05, 3.63) is 82.3 Å². The van der Waals surface area contributed by atoms with Crippen LogP contribution in [0.5, 0.6) is 0 Å². The summed E-state index contributed by atoms with van der Waals surface area (Å²) in [5, 5.41) is 6.02. The van der Waals surface area contributed by atoms with E-state index in [1.807, 2.05) is 7.05 Å². The number of hydrogen-bond donors (Lipinski definition) is 1. The van der Waals surface area contributed by atoms with Crippen LogP contribution in [0, 0.1) is 0 Å². The normalized spacial score (nSPS) is 12.5. The van der Waals surface area contributed by atoms with Crippen molar-refractivity contribution in [1.29, 1.82) is 0 Å².